The maximum absolute atomic E-state index is 12.6. The van der Waals surface area contributed by atoms with Gasteiger partial charge in [0.25, 0.3) is 0 Å². The summed E-state index contributed by atoms with van der Waals surface area (Å²) < 4.78 is 37.8. The molecule has 100 valence electrons. The fourth-order valence-electron chi connectivity index (χ4n) is 2.07. The molecule has 1 nitrogen and oxygen atoms in total. The smallest absolute Gasteiger partial charge is 0.370 e. The molecule has 2 atom stereocenters. The molecule has 18 heavy (non-hydrogen) atoms. The highest BCUT2D eigenvalue weighted by Gasteiger charge is 2.33. The Kier molecular flexibility index (Phi) is 3.97. The fourth-order valence-corrected chi connectivity index (χ4v) is 2.81. The molecular formula is C12H12Cl2F3N. The molecule has 1 saturated heterocycles. The molecule has 0 bridgehead atoms. The van der Waals surface area contributed by atoms with Crippen LogP contribution >= 0.6 is 23.2 Å². The van der Waals surface area contributed by atoms with Crippen LogP contribution in [0.1, 0.15) is 5.56 Å². The summed E-state index contributed by atoms with van der Waals surface area (Å²) in [6, 6.07) is 5.29. The van der Waals surface area contributed by atoms with Gasteiger partial charge in [0.2, 0.25) is 0 Å². The van der Waals surface area contributed by atoms with Gasteiger partial charge in [-0.15, -0.1) is 23.2 Å². The van der Waals surface area contributed by atoms with Crippen LogP contribution in [0.2, 0.25) is 0 Å². The Balaban J connectivity index is 2.20. The predicted molar refractivity (Wildman–Crippen MR) is 67.5 cm³/mol. The zero-order chi connectivity index (χ0) is 13.3. The molecule has 0 spiro atoms. The molecule has 6 heteroatoms. The van der Waals surface area contributed by atoms with Gasteiger partial charge < -0.3 is 4.90 Å². The first kappa shape index (κ1) is 13.8. The molecule has 0 aliphatic carbocycles. The Bertz CT molecular complexity index is 422. The summed E-state index contributed by atoms with van der Waals surface area (Å²) >= 11 is 11.9. The topological polar surface area (TPSA) is 3.24 Å². The Hall–Kier alpha value is -0.610. The molecule has 2 rings (SSSR count). The van der Waals surface area contributed by atoms with E-state index < -0.39 is 11.7 Å². The highest BCUT2D eigenvalue weighted by atomic mass is 35.5. The minimum Gasteiger partial charge on any atom is -0.370 e. The van der Waals surface area contributed by atoms with E-state index in [0.717, 1.165) is 12.1 Å². The highest BCUT2D eigenvalue weighted by Crippen LogP contribution is 2.34. The minimum atomic E-state index is -4.32. The number of hydrogen-bond donors (Lipinski definition) is 0. The molecule has 0 N–H and O–H groups in total. The molecule has 0 aromatic heterocycles. The molecule has 2 unspecified atom stereocenters. The third-order valence-electron chi connectivity index (χ3n) is 3.10. The second kappa shape index (κ2) is 5.17. The van der Waals surface area contributed by atoms with Crippen molar-refractivity contribution in [2.75, 3.05) is 23.9 Å². The summed E-state index contributed by atoms with van der Waals surface area (Å²) in [7, 11) is 0. The van der Waals surface area contributed by atoms with Crippen molar-refractivity contribution in [2.45, 2.75) is 11.6 Å². The van der Waals surface area contributed by atoms with E-state index in [1.165, 1.54) is 6.07 Å². The lowest BCUT2D eigenvalue weighted by Gasteiger charge is -2.19. The first-order valence-corrected chi connectivity index (χ1v) is 6.51. The number of rotatable bonds is 2. The number of hydrogen-bond acceptors (Lipinski definition) is 1. The van der Waals surface area contributed by atoms with Crippen molar-refractivity contribution in [3.8, 4) is 0 Å². The lowest BCUT2D eigenvalue weighted by molar-refractivity contribution is -0.137. The third-order valence-corrected chi connectivity index (χ3v) is 3.99. The van der Waals surface area contributed by atoms with E-state index >= 15 is 0 Å². The van der Waals surface area contributed by atoms with E-state index in [1.807, 2.05) is 4.90 Å². The fraction of sp³-hybridized carbons (Fsp3) is 0.500. The van der Waals surface area contributed by atoms with Crippen LogP contribution in [-0.4, -0.2) is 24.3 Å². The van der Waals surface area contributed by atoms with Gasteiger partial charge in [-0.05, 0) is 18.2 Å². The van der Waals surface area contributed by atoms with Crippen molar-refractivity contribution in [1.29, 1.82) is 0 Å². The van der Waals surface area contributed by atoms with E-state index in [-0.39, 0.29) is 11.3 Å². The van der Waals surface area contributed by atoms with Gasteiger partial charge >= 0.3 is 6.18 Å². The molecule has 1 heterocycles. The zero-order valence-electron chi connectivity index (χ0n) is 9.42. The van der Waals surface area contributed by atoms with E-state index in [1.54, 1.807) is 6.07 Å². The van der Waals surface area contributed by atoms with Crippen LogP contribution in [0.15, 0.2) is 24.3 Å². The molecule has 1 aromatic carbocycles. The highest BCUT2D eigenvalue weighted by molar-refractivity contribution is 6.23. The first-order chi connectivity index (χ1) is 8.41. The number of halogens is 5. The van der Waals surface area contributed by atoms with E-state index in [0.29, 0.717) is 24.7 Å². The van der Waals surface area contributed by atoms with E-state index in [4.69, 9.17) is 23.2 Å². The Morgan fingerprint density at radius 3 is 2.56 bits per heavy atom. The van der Waals surface area contributed by atoms with E-state index in [9.17, 15) is 13.2 Å². The molecule has 1 fully saturated rings. The second-order valence-electron chi connectivity index (χ2n) is 4.38. The van der Waals surface area contributed by atoms with Crippen LogP contribution in [0.25, 0.3) is 0 Å². The monoisotopic (exact) mass is 297 g/mol. The summed E-state index contributed by atoms with van der Waals surface area (Å²) in [5, 5.41) is -0.114. The zero-order valence-corrected chi connectivity index (χ0v) is 10.9. The molecule has 1 aliphatic rings. The number of nitrogens with zero attached hydrogens (tertiary/aromatic N) is 1. The number of anilines is 1. The summed E-state index contributed by atoms with van der Waals surface area (Å²) in [6.07, 6.45) is -4.32. The van der Waals surface area contributed by atoms with Crippen molar-refractivity contribution >= 4 is 28.9 Å². The van der Waals surface area contributed by atoms with Crippen LogP contribution in [0, 0.1) is 5.92 Å². The summed E-state index contributed by atoms with van der Waals surface area (Å²) in [4.78, 5) is 1.85. The van der Waals surface area contributed by atoms with Crippen LogP contribution in [0.3, 0.4) is 0 Å². The number of alkyl halides is 5. The largest absolute Gasteiger partial charge is 0.416 e. The maximum atomic E-state index is 12.6. The Morgan fingerprint density at radius 1 is 1.28 bits per heavy atom. The standard InChI is InChI=1S/C12H12Cl2F3N/c13-5-8-6-18(7-11(8)14)10-3-1-2-9(4-10)12(15,16)17/h1-4,8,11H,5-7H2. The van der Waals surface area contributed by atoms with Gasteiger partial charge in [0.15, 0.2) is 0 Å². The average molecular weight is 298 g/mol. The third kappa shape index (κ3) is 2.86. The summed E-state index contributed by atoms with van der Waals surface area (Å²) in [6.45, 7) is 1.12. The van der Waals surface area contributed by atoms with Crippen LogP contribution < -0.4 is 4.90 Å². The molecule has 0 saturated carbocycles. The molecule has 1 aromatic rings. The van der Waals surface area contributed by atoms with Crippen molar-refractivity contribution < 1.29 is 13.2 Å². The minimum absolute atomic E-state index is 0.114. The Labute approximate surface area is 113 Å². The van der Waals surface area contributed by atoms with Crippen molar-refractivity contribution in [2.24, 2.45) is 5.92 Å². The number of benzene rings is 1. The Morgan fingerprint density at radius 2 is 2.00 bits per heavy atom. The van der Waals surface area contributed by atoms with Gasteiger partial charge in [-0.25, -0.2) is 0 Å². The molecule has 1 aliphatic heterocycles. The lowest BCUT2D eigenvalue weighted by Crippen LogP contribution is -2.20. The van der Waals surface area contributed by atoms with Gasteiger partial charge in [-0.3, -0.25) is 0 Å². The van der Waals surface area contributed by atoms with Gasteiger partial charge in [0.05, 0.1) is 10.9 Å². The normalized spacial score (nSPS) is 24.6. The van der Waals surface area contributed by atoms with Crippen molar-refractivity contribution in [3.63, 3.8) is 0 Å². The SMILES string of the molecule is FC(F)(F)c1cccc(N2CC(Cl)C(CCl)C2)c1. The molecule has 0 amide bonds. The molecular weight excluding hydrogens is 286 g/mol. The van der Waals surface area contributed by atoms with E-state index in [2.05, 4.69) is 0 Å². The first-order valence-electron chi connectivity index (χ1n) is 5.54. The summed E-state index contributed by atoms with van der Waals surface area (Å²) in [5.74, 6) is 0.534. The van der Waals surface area contributed by atoms with Crippen LogP contribution in [-0.2, 0) is 6.18 Å². The second-order valence-corrected chi connectivity index (χ2v) is 5.25. The predicted octanol–water partition coefficient (Wildman–Crippen LogP) is 3.99. The van der Waals surface area contributed by atoms with Gasteiger partial charge in [0.1, 0.15) is 0 Å². The van der Waals surface area contributed by atoms with Crippen LogP contribution in [0.5, 0.6) is 0 Å². The van der Waals surface area contributed by atoms with Crippen LogP contribution in [0.4, 0.5) is 18.9 Å². The van der Waals surface area contributed by atoms with Crippen molar-refractivity contribution in [3.05, 3.63) is 29.8 Å². The maximum Gasteiger partial charge on any atom is 0.416 e. The quantitative estimate of drug-likeness (QED) is 0.746. The molecule has 0 radical (unpaired) electrons. The van der Waals surface area contributed by atoms with Gasteiger partial charge in [0, 0.05) is 30.6 Å². The van der Waals surface area contributed by atoms with Gasteiger partial charge in [-0.1, -0.05) is 6.07 Å². The van der Waals surface area contributed by atoms with Crippen molar-refractivity contribution in [1.82, 2.24) is 0 Å². The average Bonchev–Trinajstić information content (AvgIpc) is 2.70. The van der Waals surface area contributed by atoms with Gasteiger partial charge in [-0.2, -0.15) is 13.2 Å². The lowest BCUT2D eigenvalue weighted by atomic mass is 10.1. The summed E-state index contributed by atoms with van der Waals surface area (Å²) in [5.41, 5.74) is -0.0939.